The third kappa shape index (κ3) is 6.95. The zero-order valence-electron chi connectivity index (χ0n) is 21.3. The van der Waals surface area contributed by atoms with Crippen molar-refractivity contribution in [2.45, 2.75) is 47.1 Å². The van der Waals surface area contributed by atoms with Crippen LogP contribution in [-0.2, 0) is 6.61 Å². The second-order valence-corrected chi connectivity index (χ2v) is 10.0. The van der Waals surface area contributed by atoms with Crippen LogP contribution in [0.1, 0.15) is 54.1 Å². The van der Waals surface area contributed by atoms with Gasteiger partial charge in [-0.1, -0.05) is 31.5 Å². The van der Waals surface area contributed by atoms with E-state index in [1.54, 1.807) is 0 Å². The second kappa shape index (κ2) is 11.5. The number of rotatable bonds is 9. The first-order chi connectivity index (χ1) is 16.9. The molecule has 35 heavy (non-hydrogen) atoms. The number of aromatic nitrogens is 1. The van der Waals surface area contributed by atoms with Gasteiger partial charge in [-0.15, -0.1) is 0 Å². The fourth-order valence-corrected chi connectivity index (χ4v) is 4.82. The van der Waals surface area contributed by atoms with Crippen LogP contribution in [0.2, 0.25) is 0 Å². The molecule has 0 radical (unpaired) electrons. The van der Waals surface area contributed by atoms with E-state index in [1.165, 1.54) is 25.1 Å². The standard InChI is InChI=1S/C29H37N3O3/c1-20-6-12-26(13-7-20)34-19-27-23(4)35-29(31-27)25-10-8-24(9-11-25)28(33)30-14-5-15-32-17-21(2)16-22(3)18-32/h6-13,21-22H,5,14-19H2,1-4H3,(H,30,33). The minimum atomic E-state index is -0.0484. The number of likely N-dealkylation sites (tertiary alicyclic amines) is 1. The van der Waals surface area contributed by atoms with E-state index in [0.29, 0.717) is 24.6 Å². The molecule has 2 aromatic carbocycles. The topological polar surface area (TPSA) is 67.6 Å². The molecule has 2 unspecified atom stereocenters. The number of piperidine rings is 1. The van der Waals surface area contributed by atoms with Gasteiger partial charge < -0.3 is 19.4 Å². The molecule has 0 aliphatic carbocycles. The summed E-state index contributed by atoms with van der Waals surface area (Å²) in [6, 6.07) is 15.3. The number of carbonyl (C=O) groups is 1. The number of ether oxygens (including phenoxy) is 1. The molecular weight excluding hydrogens is 438 g/mol. The summed E-state index contributed by atoms with van der Waals surface area (Å²) in [6.45, 7) is 13.0. The number of hydrogen-bond acceptors (Lipinski definition) is 5. The summed E-state index contributed by atoms with van der Waals surface area (Å²) in [5.41, 5.74) is 3.43. The van der Waals surface area contributed by atoms with E-state index in [4.69, 9.17) is 9.15 Å². The lowest BCUT2D eigenvalue weighted by atomic mass is 9.92. The Morgan fingerprint density at radius 3 is 2.43 bits per heavy atom. The lowest BCUT2D eigenvalue weighted by molar-refractivity contribution is 0.0947. The number of amides is 1. The molecule has 1 amide bonds. The van der Waals surface area contributed by atoms with Crippen molar-refractivity contribution in [3.05, 3.63) is 71.1 Å². The van der Waals surface area contributed by atoms with E-state index in [2.05, 4.69) is 29.0 Å². The predicted molar refractivity (Wildman–Crippen MR) is 139 cm³/mol. The van der Waals surface area contributed by atoms with Gasteiger partial charge in [0.05, 0.1) is 0 Å². The molecular formula is C29H37N3O3. The zero-order chi connectivity index (χ0) is 24.8. The van der Waals surface area contributed by atoms with Crippen LogP contribution in [0.4, 0.5) is 0 Å². The summed E-state index contributed by atoms with van der Waals surface area (Å²) in [5, 5.41) is 3.05. The maximum absolute atomic E-state index is 12.6. The number of carbonyl (C=O) groups excluding carboxylic acids is 1. The van der Waals surface area contributed by atoms with Gasteiger partial charge in [-0.3, -0.25) is 4.79 Å². The molecule has 4 rings (SSSR count). The van der Waals surface area contributed by atoms with Gasteiger partial charge in [0.15, 0.2) is 0 Å². The minimum Gasteiger partial charge on any atom is -0.487 e. The Balaban J connectivity index is 1.26. The molecule has 0 bridgehead atoms. The molecule has 6 heteroatoms. The molecule has 1 aliphatic rings. The van der Waals surface area contributed by atoms with Crippen LogP contribution in [0.25, 0.3) is 11.5 Å². The van der Waals surface area contributed by atoms with Crippen molar-refractivity contribution >= 4 is 5.91 Å². The molecule has 1 fully saturated rings. The summed E-state index contributed by atoms with van der Waals surface area (Å²) >= 11 is 0. The first kappa shape index (κ1) is 25.0. The van der Waals surface area contributed by atoms with Gasteiger partial charge in [0.25, 0.3) is 5.91 Å². The van der Waals surface area contributed by atoms with Crippen LogP contribution in [0.5, 0.6) is 5.75 Å². The number of hydrogen-bond donors (Lipinski definition) is 1. The quantitative estimate of drug-likeness (QED) is 0.406. The van der Waals surface area contributed by atoms with Gasteiger partial charge in [0, 0.05) is 30.8 Å². The smallest absolute Gasteiger partial charge is 0.251 e. The van der Waals surface area contributed by atoms with Crippen molar-refractivity contribution in [3.8, 4) is 17.2 Å². The first-order valence-electron chi connectivity index (χ1n) is 12.6. The van der Waals surface area contributed by atoms with E-state index in [1.807, 2.05) is 62.4 Å². The van der Waals surface area contributed by atoms with Crippen LogP contribution < -0.4 is 10.1 Å². The van der Waals surface area contributed by atoms with Crippen LogP contribution in [0.15, 0.2) is 52.9 Å². The Bertz CT molecular complexity index is 1100. The number of benzene rings is 2. The maximum Gasteiger partial charge on any atom is 0.251 e. The molecule has 3 aromatic rings. The number of oxazole rings is 1. The Morgan fingerprint density at radius 1 is 1.06 bits per heavy atom. The van der Waals surface area contributed by atoms with Crippen molar-refractivity contribution in [2.75, 3.05) is 26.2 Å². The van der Waals surface area contributed by atoms with Gasteiger partial charge in [-0.25, -0.2) is 4.98 Å². The van der Waals surface area contributed by atoms with Gasteiger partial charge >= 0.3 is 0 Å². The number of aryl methyl sites for hydroxylation is 2. The fourth-order valence-electron chi connectivity index (χ4n) is 4.82. The normalized spacial score (nSPS) is 18.4. The van der Waals surface area contributed by atoms with Crippen LogP contribution in [0.3, 0.4) is 0 Å². The maximum atomic E-state index is 12.6. The molecule has 0 spiro atoms. The fraction of sp³-hybridized carbons (Fsp3) is 0.448. The average molecular weight is 476 g/mol. The Morgan fingerprint density at radius 2 is 1.74 bits per heavy atom. The highest BCUT2D eigenvalue weighted by atomic mass is 16.5. The summed E-state index contributed by atoms with van der Waals surface area (Å²) in [7, 11) is 0. The highest BCUT2D eigenvalue weighted by Crippen LogP contribution is 2.24. The van der Waals surface area contributed by atoms with Crippen LogP contribution in [-0.4, -0.2) is 42.0 Å². The first-order valence-corrected chi connectivity index (χ1v) is 12.6. The minimum absolute atomic E-state index is 0.0484. The van der Waals surface area contributed by atoms with E-state index >= 15 is 0 Å². The molecule has 2 heterocycles. The lowest BCUT2D eigenvalue weighted by Gasteiger charge is -2.34. The highest BCUT2D eigenvalue weighted by molar-refractivity contribution is 5.94. The van der Waals surface area contributed by atoms with Crippen molar-refractivity contribution in [2.24, 2.45) is 11.8 Å². The SMILES string of the molecule is Cc1ccc(OCc2nc(-c3ccc(C(=O)NCCCN4CC(C)CC(C)C4)cc3)oc2C)cc1. The van der Waals surface area contributed by atoms with Crippen molar-refractivity contribution in [1.82, 2.24) is 15.2 Å². The van der Waals surface area contributed by atoms with Gasteiger partial charge in [0.2, 0.25) is 5.89 Å². The van der Waals surface area contributed by atoms with Crippen LogP contribution in [0, 0.1) is 25.7 Å². The van der Waals surface area contributed by atoms with Crippen LogP contribution >= 0.6 is 0 Å². The molecule has 1 N–H and O–H groups in total. The molecule has 1 aliphatic heterocycles. The van der Waals surface area contributed by atoms with E-state index in [-0.39, 0.29) is 5.91 Å². The Hall–Kier alpha value is -3.12. The highest BCUT2D eigenvalue weighted by Gasteiger charge is 2.21. The monoisotopic (exact) mass is 475 g/mol. The summed E-state index contributed by atoms with van der Waals surface area (Å²) < 4.78 is 11.7. The van der Waals surface area contributed by atoms with Crippen molar-refractivity contribution in [1.29, 1.82) is 0 Å². The van der Waals surface area contributed by atoms with Gasteiger partial charge in [-0.2, -0.15) is 0 Å². The molecule has 1 aromatic heterocycles. The van der Waals surface area contributed by atoms with E-state index in [0.717, 1.165) is 47.6 Å². The summed E-state index contributed by atoms with van der Waals surface area (Å²) in [6.07, 6.45) is 2.28. The van der Waals surface area contributed by atoms with E-state index in [9.17, 15) is 4.79 Å². The second-order valence-electron chi connectivity index (χ2n) is 10.0. The zero-order valence-corrected chi connectivity index (χ0v) is 21.3. The van der Waals surface area contributed by atoms with Crippen molar-refractivity contribution < 1.29 is 13.9 Å². The Labute approximate surface area is 208 Å². The van der Waals surface area contributed by atoms with Gasteiger partial charge in [-0.05, 0) is 81.5 Å². The summed E-state index contributed by atoms with van der Waals surface area (Å²) in [5.74, 6) is 3.53. The number of nitrogens with zero attached hydrogens (tertiary/aromatic N) is 2. The molecule has 2 atom stereocenters. The molecule has 1 saturated heterocycles. The predicted octanol–water partition coefficient (Wildman–Crippen LogP) is 5.64. The molecule has 0 saturated carbocycles. The molecule has 186 valence electrons. The Kier molecular flexibility index (Phi) is 8.24. The van der Waals surface area contributed by atoms with Gasteiger partial charge in [0.1, 0.15) is 23.8 Å². The number of nitrogens with one attached hydrogen (secondary N) is 1. The van der Waals surface area contributed by atoms with E-state index < -0.39 is 0 Å². The van der Waals surface area contributed by atoms with Crippen molar-refractivity contribution in [3.63, 3.8) is 0 Å². The third-order valence-corrected chi connectivity index (χ3v) is 6.56. The average Bonchev–Trinajstić information content (AvgIpc) is 3.21. The largest absolute Gasteiger partial charge is 0.487 e. The summed E-state index contributed by atoms with van der Waals surface area (Å²) in [4.78, 5) is 19.7. The lowest BCUT2D eigenvalue weighted by Crippen LogP contribution is -2.40. The molecule has 6 nitrogen and oxygen atoms in total. The third-order valence-electron chi connectivity index (χ3n) is 6.56.